The van der Waals surface area contributed by atoms with E-state index in [4.69, 9.17) is 4.74 Å². The van der Waals surface area contributed by atoms with Crippen molar-refractivity contribution in [2.45, 2.75) is 10.9 Å². The van der Waals surface area contributed by atoms with E-state index in [1.807, 2.05) is 54.7 Å². The van der Waals surface area contributed by atoms with Gasteiger partial charge >= 0.3 is 0 Å². The number of benzene rings is 2. The number of ether oxygens (including phenoxy) is 1. The standard InChI is InChI=1S/C21H18N4OS/c1-26-19-11-9-17(10-12-19)20-23-24-21(25(20)18-7-3-2-4-8-18)27-15-16-6-5-13-22-14-16/h2-14H,15H2,1H3. The Hall–Kier alpha value is -3.12. The number of nitrogens with zero attached hydrogens (tertiary/aromatic N) is 4. The molecular weight excluding hydrogens is 356 g/mol. The molecule has 0 bridgehead atoms. The molecule has 0 radical (unpaired) electrons. The van der Waals surface area contributed by atoms with Gasteiger partial charge in [-0.15, -0.1) is 10.2 Å². The summed E-state index contributed by atoms with van der Waals surface area (Å²) >= 11 is 1.64. The SMILES string of the molecule is COc1ccc(-c2nnc(SCc3cccnc3)n2-c2ccccc2)cc1. The fourth-order valence-corrected chi connectivity index (χ4v) is 3.62. The van der Waals surface area contributed by atoms with Crippen molar-refractivity contribution < 1.29 is 4.74 Å². The van der Waals surface area contributed by atoms with E-state index >= 15 is 0 Å². The Bertz CT molecular complexity index is 1000. The number of aromatic nitrogens is 4. The van der Waals surface area contributed by atoms with Crippen molar-refractivity contribution in [3.63, 3.8) is 0 Å². The third kappa shape index (κ3) is 3.85. The summed E-state index contributed by atoms with van der Waals surface area (Å²) in [6.45, 7) is 0. The van der Waals surface area contributed by atoms with Gasteiger partial charge in [0.25, 0.3) is 0 Å². The van der Waals surface area contributed by atoms with Gasteiger partial charge in [-0.05, 0) is 48.0 Å². The highest BCUT2D eigenvalue weighted by Crippen LogP contribution is 2.30. The first-order chi connectivity index (χ1) is 13.3. The third-order valence-electron chi connectivity index (χ3n) is 4.09. The van der Waals surface area contributed by atoms with Crippen LogP contribution in [0.25, 0.3) is 17.1 Å². The summed E-state index contributed by atoms with van der Waals surface area (Å²) in [4.78, 5) is 4.18. The second-order valence-electron chi connectivity index (χ2n) is 5.86. The Morgan fingerprint density at radius 1 is 0.926 bits per heavy atom. The molecule has 0 aliphatic rings. The summed E-state index contributed by atoms with van der Waals surface area (Å²) < 4.78 is 7.35. The van der Waals surface area contributed by atoms with Gasteiger partial charge in [0.1, 0.15) is 5.75 Å². The highest BCUT2D eigenvalue weighted by atomic mass is 32.2. The van der Waals surface area contributed by atoms with E-state index in [0.29, 0.717) is 0 Å². The van der Waals surface area contributed by atoms with Crippen molar-refractivity contribution in [2.24, 2.45) is 0 Å². The molecule has 0 amide bonds. The van der Waals surface area contributed by atoms with E-state index in [9.17, 15) is 0 Å². The molecule has 134 valence electrons. The fourth-order valence-electron chi connectivity index (χ4n) is 2.73. The van der Waals surface area contributed by atoms with Gasteiger partial charge < -0.3 is 4.74 Å². The molecule has 0 unspecified atom stereocenters. The third-order valence-corrected chi connectivity index (χ3v) is 5.09. The maximum Gasteiger partial charge on any atom is 0.196 e. The van der Waals surface area contributed by atoms with Gasteiger partial charge in [-0.2, -0.15) is 0 Å². The molecule has 0 saturated carbocycles. The summed E-state index contributed by atoms with van der Waals surface area (Å²) in [6.07, 6.45) is 3.66. The van der Waals surface area contributed by atoms with Crippen molar-refractivity contribution in [3.8, 4) is 22.8 Å². The van der Waals surface area contributed by atoms with Crippen LogP contribution in [0.5, 0.6) is 5.75 Å². The highest BCUT2D eigenvalue weighted by Gasteiger charge is 2.16. The van der Waals surface area contributed by atoms with Crippen LogP contribution in [0.1, 0.15) is 5.56 Å². The minimum absolute atomic E-state index is 0.779. The van der Waals surface area contributed by atoms with Crippen molar-refractivity contribution in [1.82, 2.24) is 19.7 Å². The topological polar surface area (TPSA) is 52.8 Å². The molecule has 4 aromatic rings. The first kappa shape index (κ1) is 17.3. The van der Waals surface area contributed by atoms with E-state index in [-0.39, 0.29) is 0 Å². The average molecular weight is 374 g/mol. The minimum atomic E-state index is 0.779. The van der Waals surface area contributed by atoms with Crippen LogP contribution in [0.15, 0.2) is 84.3 Å². The van der Waals surface area contributed by atoms with Crippen LogP contribution in [0.3, 0.4) is 0 Å². The molecule has 0 saturated heterocycles. The van der Waals surface area contributed by atoms with Gasteiger partial charge in [0, 0.05) is 29.4 Å². The van der Waals surface area contributed by atoms with Crippen LogP contribution in [-0.2, 0) is 5.75 Å². The Labute approximate surface area is 162 Å². The van der Waals surface area contributed by atoms with Crippen LogP contribution in [0.4, 0.5) is 0 Å². The quantitative estimate of drug-likeness (QED) is 0.461. The lowest BCUT2D eigenvalue weighted by atomic mass is 10.2. The number of pyridine rings is 1. The molecule has 6 heteroatoms. The van der Waals surface area contributed by atoms with Crippen molar-refractivity contribution >= 4 is 11.8 Å². The smallest absolute Gasteiger partial charge is 0.196 e. The molecule has 4 rings (SSSR count). The maximum absolute atomic E-state index is 5.26. The van der Waals surface area contributed by atoms with Crippen molar-refractivity contribution in [3.05, 3.63) is 84.7 Å². The van der Waals surface area contributed by atoms with Crippen LogP contribution in [-0.4, -0.2) is 26.9 Å². The summed E-state index contributed by atoms with van der Waals surface area (Å²) in [5.41, 5.74) is 3.17. The van der Waals surface area contributed by atoms with Crippen LogP contribution < -0.4 is 4.74 Å². The van der Waals surface area contributed by atoms with Crippen molar-refractivity contribution in [1.29, 1.82) is 0 Å². The molecule has 0 atom stereocenters. The van der Waals surface area contributed by atoms with E-state index in [1.165, 1.54) is 0 Å². The Balaban J connectivity index is 1.72. The predicted molar refractivity (Wildman–Crippen MR) is 107 cm³/mol. The van der Waals surface area contributed by atoms with E-state index in [2.05, 4.69) is 37.9 Å². The lowest BCUT2D eigenvalue weighted by molar-refractivity contribution is 0.415. The van der Waals surface area contributed by atoms with Crippen molar-refractivity contribution in [2.75, 3.05) is 7.11 Å². The first-order valence-electron chi connectivity index (χ1n) is 8.52. The molecular formula is C21H18N4OS. The zero-order valence-electron chi connectivity index (χ0n) is 14.8. The molecule has 0 spiro atoms. The molecule has 0 N–H and O–H groups in total. The molecule has 5 nitrogen and oxygen atoms in total. The summed E-state index contributed by atoms with van der Waals surface area (Å²) in [6, 6.07) is 22.0. The molecule has 2 aromatic carbocycles. The number of hydrogen-bond donors (Lipinski definition) is 0. The fraction of sp³-hybridized carbons (Fsp3) is 0.0952. The number of hydrogen-bond acceptors (Lipinski definition) is 5. The summed E-state index contributed by atoms with van der Waals surface area (Å²) in [5, 5.41) is 9.76. The number of thioether (sulfide) groups is 1. The van der Waals surface area contributed by atoms with E-state index < -0.39 is 0 Å². The summed E-state index contributed by atoms with van der Waals surface area (Å²) in [5.74, 6) is 2.40. The number of para-hydroxylation sites is 1. The average Bonchev–Trinajstić information content (AvgIpc) is 3.17. The van der Waals surface area contributed by atoms with Gasteiger partial charge in [0.15, 0.2) is 11.0 Å². The van der Waals surface area contributed by atoms with Crippen LogP contribution in [0, 0.1) is 0 Å². The molecule has 2 heterocycles. The van der Waals surface area contributed by atoms with Gasteiger partial charge in [0.05, 0.1) is 7.11 Å². The summed E-state index contributed by atoms with van der Waals surface area (Å²) in [7, 11) is 1.66. The molecule has 0 aliphatic carbocycles. The Morgan fingerprint density at radius 2 is 1.74 bits per heavy atom. The lowest BCUT2D eigenvalue weighted by Gasteiger charge is -2.10. The lowest BCUT2D eigenvalue weighted by Crippen LogP contribution is -1.99. The Morgan fingerprint density at radius 3 is 2.44 bits per heavy atom. The van der Waals surface area contributed by atoms with Crippen LogP contribution >= 0.6 is 11.8 Å². The maximum atomic E-state index is 5.26. The van der Waals surface area contributed by atoms with Gasteiger partial charge in [0.2, 0.25) is 0 Å². The zero-order chi connectivity index (χ0) is 18.5. The molecule has 2 aromatic heterocycles. The van der Waals surface area contributed by atoms with Crippen LogP contribution in [0.2, 0.25) is 0 Å². The normalized spacial score (nSPS) is 10.7. The van der Waals surface area contributed by atoms with Gasteiger partial charge in [-0.1, -0.05) is 36.0 Å². The number of rotatable bonds is 6. The van der Waals surface area contributed by atoms with E-state index in [1.54, 1.807) is 25.1 Å². The largest absolute Gasteiger partial charge is 0.497 e. The molecule has 0 aliphatic heterocycles. The minimum Gasteiger partial charge on any atom is -0.497 e. The van der Waals surface area contributed by atoms with Gasteiger partial charge in [-0.25, -0.2) is 0 Å². The first-order valence-corrected chi connectivity index (χ1v) is 9.50. The zero-order valence-corrected chi connectivity index (χ0v) is 15.6. The Kier molecular flexibility index (Phi) is 5.16. The predicted octanol–water partition coefficient (Wildman–Crippen LogP) is 4.63. The monoisotopic (exact) mass is 374 g/mol. The number of methoxy groups -OCH3 is 1. The second-order valence-corrected chi connectivity index (χ2v) is 6.80. The molecule has 0 fully saturated rings. The highest BCUT2D eigenvalue weighted by molar-refractivity contribution is 7.98. The second kappa shape index (κ2) is 8.05. The molecule has 27 heavy (non-hydrogen) atoms. The van der Waals surface area contributed by atoms with E-state index in [0.717, 1.165) is 39.3 Å². The van der Waals surface area contributed by atoms with Gasteiger partial charge in [-0.3, -0.25) is 9.55 Å².